The molecule has 144 valence electrons. The lowest BCUT2D eigenvalue weighted by Crippen LogP contribution is -2.38. The Morgan fingerprint density at radius 1 is 1.14 bits per heavy atom. The third-order valence-electron chi connectivity index (χ3n) is 4.87. The number of likely N-dealkylation sites (tertiary alicyclic amines) is 1. The minimum atomic E-state index is -0.988. The first-order valence-electron chi connectivity index (χ1n) is 8.65. The molecule has 2 atom stereocenters. The summed E-state index contributed by atoms with van der Waals surface area (Å²) in [5, 5.41) is 4.38. The lowest BCUT2D eigenvalue weighted by atomic mass is 9.85. The largest absolute Gasteiger partial charge is 0.300 e. The molecule has 0 saturated carbocycles. The second-order valence-electron chi connectivity index (χ2n) is 6.63. The zero-order chi connectivity index (χ0) is 19.8. The van der Waals surface area contributed by atoms with Crippen LogP contribution in [0, 0.1) is 23.5 Å². The SMILES string of the molecule is O=C(CN1C(=O)C2CC=CCC2C1=O)Nc1nc(-c2ccc(F)c(F)c2)cs1. The smallest absolute Gasteiger partial charge is 0.246 e. The van der Waals surface area contributed by atoms with Crippen molar-refractivity contribution in [2.75, 3.05) is 11.9 Å². The Bertz CT molecular complexity index is 978. The van der Waals surface area contributed by atoms with E-state index in [9.17, 15) is 23.2 Å². The summed E-state index contributed by atoms with van der Waals surface area (Å²) in [6.07, 6.45) is 4.78. The van der Waals surface area contributed by atoms with Crippen molar-refractivity contribution in [3.8, 4) is 11.3 Å². The number of allylic oxidation sites excluding steroid dienone is 2. The molecule has 1 fully saturated rings. The van der Waals surface area contributed by atoms with Gasteiger partial charge in [0.25, 0.3) is 0 Å². The molecule has 6 nitrogen and oxygen atoms in total. The number of nitrogens with one attached hydrogen (secondary N) is 1. The molecule has 9 heteroatoms. The van der Waals surface area contributed by atoms with Crippen molar-refractivity contribution in [2.24, 2.45) is 11.8 Å². The van der Waals surface area contributed by atoms with E-state index in [0.717, 1.165) is 28.4 Å². The number of amides is 3. The van der Waals surface area contributed by atoms with Gasteiger partial charge in [0.05, 0.1) is 17.5 Å². The third kappa shape index (κ3) is 3.33. The van der Waals surface area contributed by atoms with E-state index in [-0.39, 0.29) is 35.3 Å². The molecular formula is C19H15F2N3O3S. The van der Waals surface area contributed by atoms with Crippen molar-refractivity contribution in [1.82, 2.24) is 9.88 Å². The van der Waals surface area contributed by atoms with Crippen molar-refractivity contribution < 1.29 is 23.2 Å². The van der Waals surface area contributed by atoms with E-state index in [4.69, 9.17) is 0 Å². The molecule has 0 spiro atoms. The summed E-state index contributed by atoms with van der Waals surface area (Å²) >= 11 is 1.10. The fourth-order valence-corrected chi connectivity index (χ4v) is 4.18. The normalized spacial score (nSPS) is 21.1. The summed E-state index contributed by atoms with van der Waals surface area (Å²) in [6, 6.07) is 3.41. The molecule has 1 aliphatic carbocycles. The second-order valence-corrected chi connectivity index (χ2v) is 7.49. The Balaban J connectivity index is 1.42. The molecule has 28 heavy (non-hydrogen) atoms. The molecule has 4 rings (SSSR count). The maximum atomic E-state index is 13.4. The molecule has 2 aliphatic rings. The lowest BCUT2D eigenvalue weighted by Gasteiger charge is -2.14. The maximum absolute atomic E-state index is 13.4. The number of halogens is 2. The highest BCUT2D eigenvalue weighted by Gasteiger charge is 2.47. The predicted octanol–water partition coefficient (Wildman–Crippen LogP) is 2.98. The van der Waals surface area contributed by atoms with E-state index in [1.807, 2.05) is 12.2 Å². The van der Waals surface area contributed by atoms with E-state index < -0.39 is 17.5 Å². The summed E-state index contributed by atoms with van der Waals surface area (Å²) in [4.78, 5) is 42.3. The van der Waals surface area contributed by atoms with Crippen LogP contribution in [0.1, 0.15) is 12.8 Å². The molecule has 2 unspecified atom stereocenters. The van der Waals surface area contributed by atoms with E-state index in [2.05, 4.69) is 10.3 Å². The van der Waals surface area contributed by atoms with Crippen LogP contribution in [-0.2, 0) is 14.4 Å². The molecule has 3 amide bonds. The average Bonchev–Trinajstić information content (AvgIpc) is 3.23. The second kappa shape index (κ2) is 7.23. The standard InChI is InChI=1S/C19H15F2N3O3S/c20-13-6-5-10(7-14(13)21)15-9-28-19(22-15)23-16(25)8-24-17(26)11-3-1-2-4-12(11)18(24)27/h1-2,5-7,9,11-12H,3-4,8H2,(H,22,23,25). The van der Waals surface area contributed by atoms with Crippen LogP contribution in [0.5, 0.6) is 0 Å². The van der Waals surface area contributed by atoms with Crippen LogP contribution in [0.15, 0.2) is 35.7 Å². The number of benzene rings is 1. The zero-order valence-electron chi connectivity index (χ0n) is 14.5. The number of anilines is 1. The number of imide groups is 1. The zero-order valence-corrected chi connectivity index (χ0v) is 15.3. The summed E-state index contributed by atoms with van der Waals surface area (Å²) in [7, 11) is 0. The summed E-state index contributed by atoms with van der Waals surface area (Å²) in [6.45, 7) is -0.370. The number of thiazole rings is 1. The molecule has 2 aromatic rings. The first-order valence-corrected chi connectivity index (χ1v) is 9.53. The van der Waals surface area contributed by atoms with Crippen LogP contribution in [0.2, 0.25) is 0 Å². The number of rotatable bonds is 4. The van der Waals surface area contributed by atoms with Crippen LogP contribution in [0.3, 0.4) is 0 Å². The van der Waals surface area contributed by atoms with E-state index in [1.54, 1.807) is 5.38 Å². The van der Waals surface area contributed by atoms with Gasteiger partial charge in [0.1, 0.15) is 6.54 Å². The molecule has 1 aliphatic heterocycles. The molecule has 1 saturated heterocycles. The first-order chi connectivity index (χ1) is 13.4. The van der Waals surface area contributed by atoms with Crippen molar-refractivity contribution in [3.63, 3.8) is 0 Å². The van der Waals surface area contributed by atoms with E-state index >= 15 is 0 Å². The number of fused-ring (bicyclic) bond motifs is 1. The minimum absolute atomic E-state index is 0.239. The van der Waals surface area contributed by atoms with Crippen molar-refractivity contribution in [2.45, 2.75) is 12.8 Å². The van der Waals surface area contributed by atoms with Gasteiger partial charge in [-0.2, -0.15) is 0 Å². The van der Waals surface area contributed by atoms with Crippen molar-refractivity contribution in [3.05, 3.63) is 47.4 Å². The van der Waals surface area contributed by atoms with Gasteiger partial charge in [0.15, 0.2) is 16.8 Å². The first kappa shape index (κ1) is 18.4. The number of hydrogen-bond donors (Lipinski definition) is 1. The number of hydrogen-bond acceptors (Lipinski definition) is 5. The van der Waals surface area contributed by atoms with Gasteiger partial charge in [-0.05, 0) is 31.0 Å². The Hall–Kier alpha value is -2.94. The number of aromatic nitrogens is 1. The van der Waals surface area contributed by atoms with Crippen LogP contribution in [-0.4, -0.2) is 34.2 Å². The van der Waals surface area contributed by atoms with Crippen LogP contribution >= 0.6 is 11.3 Å². The highest BCUT2D eigenvalue weighted by Crippen LogP contribution is 2.35. The summed E-state index contributed by atoms with van der Waals surface area (Å²) in [5.41, 5.74) is 0.752. The molecule has 1 aromatic heterocycles. The van der Waals surface area contributed by atoms with Gasteiger partial charge in [-0.1, -0.05) is 12.2 Å². The van der Waals surface area contributed by atoms with E-state index in [0.29, 0.717) is 24.1 Å². The summed E-state index contributed by atoms with van der Waals surface area (Å²) in [5.74, 6) is -3.90. The van der Waals surface area contributed by atoms with Crippen LogP contribution < -0.4 is 5.32 Å². The molecule has 0 bridgehead atoms. The quantitative estimate of drug-likeness (QED) is 0.629. The van der Waals surface area contributed by atoms with Crippen LogP contribution in [0.25, 0.3) is 11.3 Å². The lowest BCUT2D eigenvalue weighted by molar-refractivity contribution is -0.142. The number of carbonyl (C=O) groups excluding carboxylic acids is 3. The van der Waals surface area contributed by atoms with Gasteiger partial charge < -0.3 is 5.32 Å². The molecular weight excluding hydrogens is 388 g/mol. The Kier molecular flexibility index (Phi) is 4.76. The number of nitrogens with zero attached hydrogens (tertiary/aromatic N) is 2. The monoisotopic (exact) mass is 403 g/mol. The third-order valence-corrected chi connectivity index (χ3v) is 5.62. The van der Waals surface area contributed by atoms with Gasteiger partial charge in [-0.3, -0.25) is 19.3 Å². The Morgan fingerprint density at radius 3 is 2.46 bits per heavy atom. The fourth-order valence-electron chi connectivity index (χ4n) is 3.45. The van der Waals surface area contributed by atoms with Crippen LogP contribution in [0.4, 0.5) is 13.9 Å². The molecule has 1 N–H and O–H groups in total. The highest BCUT2D eigenvalue weighted by molar-refractivity contribution is 7.14. The van der Waals surface area contributed by atoms with E-state index in [1.165, 1.54) is 6.07 Å². The van der Waals surface area contributed by atoms with Gasteiger partial charge in [0.2, 0.25) is 17.7 Å². The van der Waals surface area contributed by atoms with Crippen molar-refractivity contribution in [1.29, 1.82) is 0 Å². The molecule has 0 radical (unpaired) electrons. The van der Waals surface area contributed by atoms with Crippen molar-refractivity contribution >= 4 is 34.2 Å². The van der Waals surface area contributed by atoms with Gasteiger partial charge in [0, 0.05) is 10.9 Å². The Morgan fingerprint density at radius 2 is 1.82 bits per heavy atom. The highest BCUT2D eigenvalue weighted by atomic mass is 32.1. The van der Waals surface area contributed by atoms with Gasteiger partial charge >= 0.3 is 0 Å². The average molecular weight is 403 g/mol. The number of carbonyl (C=O) groups is 3. The molecule has 2 heterocycles. The maximum Gasteiger partial charge on any atom is 0.246 e. The topological polar surface area (TPSA) is 79.4 Å². The summed E-state index contributed by atoms with van der Waals surface area (Å²) < 4.78 is 26.4. The molecule has 1 aromatic carbocycles. The minimum Gasteiger partial charge on any atom is -0.300 e. The predicted molar refractivity (Wildman–Crippen MR) is 98.2 cm³/mol. The Labute approximate surface area is 162 Å². The van der Waals surface area contributed by atoms with Gasteiger partial charge in [-0.25, -0.2) is 13.8 Å². The van der Waals surface area contributed by atoms with Gasteiger partial charge in [-0.15, -0.1) is 11.3 Å². The fraction of sp³-hybridized carbons (Fsp3) is 0.263.